The van der Waals surface area contributed by atoms with Crippen molar-refractivity contribution in [3.63, 3.8) is 0 Å². The normalized spacial score (nSPS) is 19.9. The maximum absolute atomic E-state index is 13.6. The van der Waals surface area contributed by atoms with Gasteiger partial charge in [0.1, 0.15) is 12.2 Å². The lowest BCUT2D eigenvalue weighted by molar-refractivity contribution is 0.0489. The fourth-order valence-corrected chi connectivity index (χ4v) is 8.24. The lowest BCUT2D eigenvalue weighted by atomic mass is 9.88. The van der Waals surface area contributed by atoms with E-state index >= 15 is 0 Å². The van der Waals surface area contributed by atoms with Crippen LogP contribution in [0.4, 0.5) is 9.59 Å². The molecule has 0 bridgehead atoms. The van der Waals surface area contributed by atoms with Gasteiger partial charge in [-0.2, -0.15) is 4.31 Å². The predicted octanol–water partition coefficient (Wildman–Crippen LogP) is 5.59. The van der Waals surface area contributed by atoms with Gasteiger partial charge < -0.3 is 24.6 Å². The summed E-state index contributed by atoms with van der Waals surface area (Å²) < 4.78 is 39.5. The molecule has 252 valence electrons. The number of benzene rings is 2. The van der Waals surface area contributed by atoms with Gasteiger partial charge in [-0.25, -0.2) is 18.0 Å². The predicted molar refractivity (Wildman–Crippen MR) is 177 cm³/mol. The summed E-state index contributed by atoms with van der Waals surface area (Å²) in [5.74, 6) is 0.892. The molecule has 0 atom stereocenters. The summed E-state index contributed by atoms with van der Waals surface area (Å²) in [5, 5.41) is 2.88. The van der Waals surface area contributed by atoms with E-state index < -0.39 is 21.7 Å². The fraction of sp³-hybridized carbons (Fsp3) is 0.600. The van der Waals surface area contributed by atoms with Crippen molar-refractivity contribution in [1.82, 2.24) is 19.4 Å². The molecule has 3 heterocycles. The van der Waals surface area contributed by atoms with E-state index in [2.05, 4.69) is 16.3 Å². The summed E-state index contributed by atoms with van der Waals surface area (Å²) in [6.45, 7) is 10.9. The molecule has 0 saturated carbocycles. The molecule has 1 N–H and O–H groups in total. The van der Waals surface area contributed by atoms with Gasteiger partial charge in [-0.3, -0.25) is 0 Å². The Morgan fingerprint density at radius 2 is 1.52 bits per heavy atom. The highest BCUT2D eigenvalue weighted by molar-refractivity contribution is 7.89. The average Bonchev–Trinajstić information content (AvgIpc) is 3.04. The Balaban J connectivity index is 1.04. The molecule has 11 heteroatoms. The Morgan fingerprint density at radius 3 is 2.17 bits per heavy atom. The second kappa shape index (κ2) is 15.2. The zero-order valence-electron chi connectivity index (χ0n) is 27.5. The first-order valence-corrected chi connectivity index (χ1v) is 18.2. The largest absolute Gasteiger partial charge is 0.445 e. The molecular formula is C35H50N4O6S. The van der Waals surface area contributed by atoms with Gasteiger partial charge in [-0.05, 0) is 107 Å². The van der Waals surface area contributed by atoms with E-state index in [9.17, 15) is 18.0 Å². The monoisotopic (exact) mass is 654 g/mol. The quantitative estimate of drug-likeness (QED) is 0.395. The van der Waals surface area contributed by atoms with Crippen LogP contribution in [0.5, 0.6) is 0 Å². The van der Waals surface area contributed by atoms with Crippen LogP contribution in [0, 0.1) is 5.92 Å². The third-order valence-corrected chi connectivity index (χ3v) is 11.2. The van der Waals surface area contributed by atoms with Crippen LogP contribution < -0.4 is 5.32 Å². The van der Waals surface area contributed by atoms with E-state index in [-0.39, 0.29) is 12.1 Å². The van der Waals surface area contributed by atoms with E-state index in [4.69, 9.17) is 9.47 Å². The van der Waals surface area contributed by atoms with Gasteiger partial charge in [0.25, 0.3) is 0 Å². The van der Waals surface area contributed by atoms with Crippen molar-refractivity contribution in [3.8, 4) is 0 Å². The highest BCUT2D eigenvalue weighted by Gasteiger charge is 2.32. The summed E-state index contributed by atoms with van der Waals surface area (Å²) >= 11 is 0. The minimum absolute atomic E-state index is 0.105. The molecule has 10 nitrogen and oxygen atoms in total. The van der Waals surface area contributed by atoms with Crippen molar-refractivity contribution in [1.29, 1.82) is 0 Å². The average molecular weight is 655 g/mol. The smallest absolute Gasteiger partial charge is 0.410 e. The zero-order chi connectivity index (χ0) is 32.7. The molecular weight excluding hydrogens is 604 g/mol. The Labute approximate surface area is 274 Å². The van der Waals surface area contributed by atoms with Crippen LogP contribution in [0.25, 0.3) is 0 Å². The van der Waals surface area contributed by atoms with Gasteiger partial charge in [0.2, 0.25) is 10.0 Å². The number of carbonyl (C=O) groups is 2. The first-order valence-electron chi connectivity index (χ1n) is 16.7. The number of ether oxygens (including phenoxy) is 2. The Morgan fingerprint density at radius 1 is 0.848 bits per heavy atom. The van der Waals surface area contributed by atoms with Crippen molar-refractivity contribution >= 4 is 22.2 Å². The number of alkyl carbamates (subject to hydrolysis) is 1. The molecule has 46 heavy (non-hydrogen) atoms. The molecule has 0 unspecified atom stereocenters. The first-order chi connectivity index (χ1) is 22.0. The SMILES string of the molecule is CC(C)(C)OC(=O)NC1CCN(S(=O)(=O)c2cccc(C3CCN(CC4CCN(C(=O)OCc5ccccc5)CC4)CC3)c2)CC1. The number of sulfonamides is 1. The van der Waals surface area contributed by atoms with Crippen molar-refractivity contribution in [2.24, 2.45) is 5.92 Å². The van der Waals surface area contributed by atoms with Crippen LogP contribution in [0.1, 0.15) is 76.3 Å². The maximum Gasteiger partial charge on any atom is 0.410 e. The highest BCUT2D eigenvalue weighted by Crippen LogP contribution is 2.32. The van der Waals surface area contributed by atoms with Crippen LogP contribution in [-0.2, 0) is 26.1 Å². The number of hydrogen-bond donors (Lipinski definition) is 1. The Hall–Kier alpha value is -3.15. The van der Waals surface area contributed by atoms with Gasteiger partial charge in [-0.1, -0.05) is 42.5 Å². The summed E-state index contributed by atoms with van der Waals surface area (Å²) in [6.07, 6.45) is 4.36. The number of piperidine rings is 3. The van der Waals surface area contributed by atoms with Crippen LogP contribution >= 0.6 is 0 Å². The van der Waals surface area contributed by atoms with Gasteiger partial charge >= 0.3 is 12.2 Å². The molecule has 2 aromatic rings. The summed E-state index contributed by atoms with van der Waals surface area (Å²) in [7, 11) is -3.62. The number of carbonyl (C=O) groups excluding carboxylic acids is 2. The third-order valence-electron chi connectivity index (χ3n) is 9.32. The summed E-state index contributed by atoms with van der Waals surface area (Å²) in [5.41, 5.74) is 1.51. The second-order valence-electron chi connectivity index (χ2n) is 13.9. The molecule has 3 fully saturated rings. The van der Waals surface area contributed by atoms with Gasteiger partial charge in [-0.15, -0.1) is 0 Å². The number of amides is 2. The van der Waals surface area contributed by atoms with Crippen molar-refractivity contribution in [2.75, 3.05) is 45.8 Å². The molecule has 0 aromatic heterocycles. The number of nitrogens with one attached hydrogen (secondary N) is 1. The number of rotatable bonds is 8. The maximum atomic E-state index is 13.6. The number of hydrogen-bond acceptors (Lipinski definition) is 7. The van der Waals surface area contributed by atoms with Crippen LogP contribution in [0.3, 0.4) is 0 Å². The van der Waals surface area contributed by atoms with Crippen molar-refractivity contribution in [3.05, 3.63) is 65.7 Å². The van der Waals surface area contributed by atoms with E-state index in [0.29, 0.717) is 49.3 Å². The van der Waals surface area contributed by atoms with Crippen molar-refractivity contribution < 1.29 is 27.5 Å². The molecule has 3 aliphatic heterocycles. The Kier molecular flexibility index (Phi) is 11.3. The lowest BCUT2D eigenvalue weighted by Crippen LogP contribution is -2.47. The first kappa shape index (κ1) is 34.2. The van der Waals surface area contributed by atoms with E-state index in [1.807, 2.05) is 68.1 Å². The van der Waals surface area contributed by atoms with Gasteiger partial charge in [0.15, 0.2) is 0 Å². The van der Waals surface area contributed by atoms with Crippen LogP contribution in [-0.4, -0.2) is 92.2 Å². The number of nitrogens with zero attached hydrogens (tertiary/aromatic N) is 3. The number of likely N-dealkylation sites (tertiary alicyclic amines) is 2. The molecule has 3 saturated heterocycles. The van der Waals surface area contributed by atoms with Gasteiger partial charge in [0, 0.05) is 38.8 Å². The summed E-state index contributed by atoms with van der Waals surface area (Å²) in [4.78, 5) is 29.4. The Bertz CT molecular complexity index is 1410. The van der Waals surface area contributed by atoms with Crippen molar-refractivity contribution in [2.45, 2.75) is 88.4 Å². The molecule has 0 radical (unpaired) electrons. The van der Waals surface area contributed by atoms with E-state index in [1.165, 1.54) is 4.31 Å². The standard InChI is InChI=1S/C35H50N4O6S/c1-35(2,3)45-33(40)36-31-16-22-39(23-17-31)46(42,43)32-11-7-10-30(24-32)29-14-18-37(19-15-29)25-27-12-20-38(21-13-27)34(41)44-26-28-8-5-4-6-9-28/h4-11,24,27,29,31H,12-23,25-26H2,1-3H3,(H,36,40). The van der Waals surface area contributed by atoms with Gasteiger partial charge in [0.05, 0.1) is 4.90 Å². The molecule has 3 aliphatic rings. The minimum atomic E-state index is -3.62. The third kappa shape index (κ3) is 9.45. The molecule has 2 aromatic carbocycles. The van der Waals surface area contributed by atoms with Crippen LogP contribution in [0.15, 0.2) is 59.5 Å². The lowest BCUT2D eigenvalue weighted by Gasteiger charge is -2.37. The van der Waals surface area contributed by atoms with E-state index in [1.54, 1.807) is 6.07 Å². The molecule has 0 aliphatic carbocycles. The minimum Gasteiger partial charge on any atom is -0.445 e. The van der Waals surface area contributed by atoms with Crippen LogP contribution in [0.2, 0.25) is 0 Å². The topological polar surface area (TPSA) is 108 Å². The fourth-order valence-electron chi connectivity index (χ4n) is 6.72. The molecule has 0 spiro atoms. The second-order valence-corrected chi connectivity index (χ2v) is 15.9. The molecule has 5 rings (SSSR count). The highest BCUT2D eigenvalue weighted by atomic mass is 32.2. The van der Waals surface area contributed by atoms with E-state index in [0.717, 1.165) is 69.5 Å². The molecule has 2 amide bonds. The summed E-state index contributed by atoms with van der Waals surface area (Å²) in [6, 6.07) is 17.1. The zero-order valence-corrected chi connectivity index (χ0v) is 28.3.